The summed E-state index contributed by atoms with van der Waals surface area (Å²) in [5.41, 5.74) is 4.36. The highest BCUT2D eigenvalue weighted by Gasteiger charge is 2.17. The maximum atomic E-state index is 13.5. The number of rotatable bonds is 6. The lowest BCUT2D eigenvalue weighted by molar-refractivity contribution is -0.133. The Morgan fingerprint density at radius 2 is 1.92 bits per heavy atom. The Bertz CT molecular complexity index is 757. The third kappa shape index (κ3) is 5.96. The van der Waals surface area contributed by atoms with Gasteiger partial charge in [0, 0.05) is 5.02 Å². The van der Waals surface area contributed by atoms with Gasteiger partial charge < -0.3 is 9.47 Å². The zero-order valence-electron chi connectivity index (χ0n) is 13.3. The number of para-hydroxylation sites is 1. The molecule has 2 aromatic rings. The molecule has 0 unspecified atom stereocenters. The first-order valence-corrected chi connectivity index (χ1v) is 7.72. The summed E-state index contributed by atoms with van der Waals surface area (Å²) >= 11 is 5.80. The second-order valence-electron chi connectivity index (χ2n) is 4.97. The molecule has 0 saturated carbocycles. The van der Waals surface area contributed by atoms with E-state index in [-0.39, 0.29) is 12.4 Å². The summed E-state index contributed by atoms with van der Waals surface area (Å²) in [6.07, 6.45) is -1.01. The SMILES string of the molecule is C[C@@H](Oc1ccccc1F)C(=O)NNC(=O)COc1cccc(Cl)c1. The van der Waals surface area contributed by atoms with Crippen molar-refractivity contribution in [2.24, 2.45) is 0 Å². The second kappa shape index (κ2) is 8.89. The van der Waals surface area contributed by atoms with Gasteiger partial charge in [0.2, 0.25) is 0 Å². The van der Waals surface area contributed by atoms with Crippen LogP contribution in [0.2, 0.25) is 5.02 Å². The molecule has 0 saturated heterocycles. The van der Waals surface area contributed by atoms with Gasteiger partial charge >= 0.3 is 0 Å². The summed E-state index contributed by atoms with van der Waals surface area (Å²) in [5, 5.41) is 0.477. The van der Waals surface area contributed by atoms with Crippen molar-refractivity contribution in [1.82, 2.24) is 10.9 Å². The van der Waals surface area contributed by atoms with Crippen LogP contribution in [-0.2, 0) is 9.59 Å². The minimum atomic E-state index is -1.01. The number of halogens is 2. The zero-order valence-corrected chi connectivity index (χ0v) is 14.0. The lowest BCUT2D eigenvalue weighted by Gasteiger charge is -2.15. The number of amides is 2. The topological polar surface area (TPSA) is 76.7 Å². The van der Waals surface area contributed by atoms with Gasteiger partial charge in [-0.15, -0.1) is 0 Å². The van der Waals surface area contributed by atoms with Crippen LogP contribution in [0.3, 0.4) is 0 Å². The molecule has 0 bridgehead atoms. The number of benzene rings is 2. The summed E-state index contributed by atoms with van der Waals surface area (Å²) in [6.45, 7) is 1.11. The largest absolute Gasteiger partial charge is 0.484 e. The molecule has 0 aliphatic heterocycles. The Balaban J connectivity index is 1.75. The van der Waals surface area contributed by atoms with Crippen molar-refractivity contribution in [3.8, 4) is 11.5 Å². The van der Waals surface area contributed by atoms with Crippen LogP contribution in [0.25, 0.3) is 0 Å². The molecule has 6 nitrogen and oxygen atoms in total. The molecule has 8 heteroatoms. The molecule has 0 spiro atoms. The molecule has 0 fully saturated rings. The number of nitrogens with one attached hydrogen (secondary N) is 2. The number of hydrogen-bond donors (Lipinski definition) is 2. The van der Waals surface area contributed by atoms with Crippen LogP contribution in [0.15, 0.2) is 48.5 Å². The monoisotopic (exact) mass is 366 g/mol. The van der Waals surface area contributed by atoms with E-state index in [4.69, 9.17) is 21.1 Å². The Labute approximate surface area is 148 Å². The van der Waals surface area contributed by atoms with E-state index in [1.54, 1.807) is 30.3 Å². The average Bonchev–Trinajstić information content (AvgIpc) is 2.59. The number of carbonyl (C=O) groups is 2. The van der Waals surface area contributed by atoms with Crippen LogP contribution in [0.1, 0.15) is 6.92 Å². The third-order valence-corrected chi connectivity index (χ3v) is 3.24. The zero-order chi connectivity index (χ0) is 18.2. The lowest BCUT2D eigenvalue weighted by Crippen LogP contribution is -2.48. The highest BCUT2D eigenvalue weighted by atomic mass is 35.5. The molecular weight excluding hydrogens is 351 g/mol. The standard InChI is InChI=1S/C17H16ClFN2O4/c1-11(25-15-8-3-2-7-14(15)19)17(23)21-20-16(22)10-24-13-6-4-5-12(18)9-13/h2-9,11H,10H2,1H3,(H,20,22)(H,21,23)/t11-/m1/s1. The van der Waals surface area contributed by atoms with Gasteiger partial charge in [0.15, 0.2) is 24.3 Å². The Morgan fingerprint density at radius 3 is 2.64 bits per heavy atom. The van der Waals surface area contributed by atoms with Gasteiger partial charge in [0.05, 0.1) is 0 Å². The van der Waals surface area contributed by atoms with Crippen LogP contribution < -0.4 is 20.3 Å². The Morgan fingerprint density at radius 1 is 1.16 bits per heavy atom. The summed E-state index contributed by atoms with van der Waals surface area (Å²) in [6, 6.07) is 12.3. The summed E-state index contributed by atoms with van der Waals surface area (Å²) in [7, 11) is 0. The molecule has 0 radical (unpaired) electrons. The van der Waals surface area contributed by atoms with Gasteiger partial charge in [0.1, 0.15) is 5.75 Å². The maximum Gasteiger partial charge on any atom is 0.279 e. The van der Waals surface area contributed by atoms with Crippen molar-refractivity contribution < 1.29 is 23.5 Å². The van der Waals surface area contributed by atoms with E-state index in [9.17, 15) is 14.0 Å². The molecule has 132 valence electrons. The fourth-order valence-electron chi connectivity index (χ4n) is 1.76. The number of hydrazine groups is 1. The van der Waals surface area contributed by atoms with Crippen LogP contribution in [-0.4, -0.2) is 24.5 Å². The first-order valence-electron chi connectivity index (χ1n) is 7.34. The van der Waals surface area contributed by atoms with Gasteiger partial charge in [-0.25, -0.2) is 4.39 Å². The minimum absolute atomic E-state index is 0.0548. The molecule has 0 aromatic heterocycles. The smallest absolute Gasteiger partial charge is 0.279 e. The molecule has 0 aliphatic carbocycles. The Kier molecular flexibility index (Phi) is 6.59. The van der Waals surface area contributed by atoms with Gasteiger partial charge in [-0.2, -0.15) is 0 Å². The molecule has 25 heavy (non-hydrogen) atoms. The summed E-state index contributed by atoms with van der Waals surface area (Å²) < 4.78 is 23.9. The third-order valence-electron chi connectivity index (χ3n) is 3.00. The van der Waals surface area contributed by atoms with Crippen molar-refractivity contribution in [3.05, 3.63) is 59.4 Å². The summed E-state index contributed by atoms with van der Waals surface area (Å²) in [5.74, 6) is -1.43. The lowest BCUT2D eigenvalue weighted by atomic mass is 10.3. The van der Waals surface area contributed by atoms with E-state index >= 15 is 0 Å². The molecule has 2 N–H and O–H groups in total. The Hall–Kier alpha value is -2.80. The maximum absolute atomic E-state index is 13.5. The van der Waals surface area contributed by atoms with Crippen LogP contribution in [0, 0.1) is 5.82 Å². The van der Waals surface area contributed by atoms with Gasteiger partial charge in [-0.1, -0.05) is 29.8 Å². The summed E-state index contributed by atoms with van der Waals surface area (Å²) in [4.78, 5) is 23.5. The van der Waals surface area contributed by atoms with Gasteiger partial charge in [0.25, 0.3) is 11.8 Å². The molecule has 0 aliphatic rings. The molecule has 2 aromatic carbocycles. The van der Waals surface area contributed by atoms with E-state index in [1.807, 2.05) is 0 Å². The van der Waals surface area contributed by atoms with E-state index in [0.29, 0.717) is 10.8 Å². The average molecular weight is 367 g/mol. The van der Waals surface area contributed by atoms with Crippen LogP contribution in [0.4, 0.5) is 4.39 Å². The van der Waals surface area contributed by atoms with E-state index in [2.05, 4.69) is 10.9 Å². The predicted octanol–water partition coefficient (Wildman–Crippen LogP) is 2.47. The number of carbonyl (C=O) groups excluding carboxylic acids is 2. The molecule has 2 amide bonds. The molecule has 0 heterocycles. The van der Waals surface area contributed by atoms with Crippen molar-refractivity contribution in [3.63, 3.8) is 0 Å². The molecule has 1 atom stereocenters. The van der Waals surface area contributed by atoms with E-state index < -0.39 is 23.7 Å². The van der Waals surface area contributed by atoms with Gasteiger partial charge in [-0.3, -0.25) is 20.4 Å². The molecule has 2 rings (SSSR count). The normalized spacial score (nSPS) is 11.3. The highest BCUT2D eigenvalue weighted by Crippen LogP contribution is 2.17. The quantitative estimate of drug-likeness (QED) is 0.770. The van der Waals surface area contributed by atoms with E-state index in [1.165, 1.54) is 25.1 Å². The van der Waals surface area contributed by atoms with Gasteiger partial charge in [-0.05, 0) is 37.3 Å². The predicted molar refractivity (Wildman–Crippen MR) is 89.7 cm³/mol. The van der Waals surface area contributed by atoms with Crippen molar-refractivity contribution in [2.45, 2.75) is 13.0 Å². The van der Waals surface area contributed by atoms with Crippen LogP contribution in [0.5, 0.6) is 11.5 Å². The number of ether oxygens (including phenoxy) is 2. The first kappa shape index (κ1) is 18.5. The van der Waals surface area contributed by atoms with Crippen molar-refractivity contribution >= 4 is 23.4 Å². The van der Waals surface area contributed by atoms with Crippen molar-refractivity contribution in [2.75, 3.05) is 6.61 Å². The molecular formula is C17H16ClFN2O4. The van der Waals surface area contributed by atoms with Crippen molar-refractivity contribution in [1.29, 1.82) is 0 Å². The minimum Gasteiger partial charge on any atom is -0.484 e. The van der Waals surface area contributed by atoms with Crippen LogP contribution >= 0.6 is 11.6 Å². The first-order chi connectivity index (χ1) is 12.0. The van der Waals surface area contributed by atoms with E-state index in [0.717, 1.165) is 0 Å². The number of hydrogen-bond acceptors (Lipinski definition) is 4. The fraction of sp³-hybridized carbons (Fsp3) is 0.176. The second-order valence-corrected chi connectivity index (χ2v) is 5.41. The fourth-order valence-corrected chi connectivity index (χ4v) is 1.94. The highest BCUT2D eigenvalue weighted by molar-refractivity contribution is 6.30.